The SMILES string of the molecule is CCCCC[O][AlH][I]. The van der Waals surface area contributed by atoms with Crippen LogP contribution in [0.15, 0.2) is 0 Å². The van der Waals surface area contributed by atoms with E-state index in [1.165, 1.54) is 19.3 Å². The van der Waals surface area contributed by atoms with Gasteiger partial charge in [0.2, 0.25) is 0 Å². The molecule has 8 heavy (non-hydrogen) atoms. The number of rotatable bonds is 5. The van der Waals surface area contributed by atoms with Crippen LogP contribution in [-0.4, -0.2) is 18.9 Å². The third kappa shape index (κ3) is 7.22. The molecule has 0 saturated heterocycles. The van der Waals surface area contributed by atoms with Gasteiger partial charge in [0.05, 0.1) is 0 Å². The maximum atomic E-state index is 5.26. The Morgan fingerprint density at radius 1 is 1.50 bits per heavy atom. The molecule has 3 heteroatoms. The molecule has 0 N–H and O–H groups in total. The summed E-state index contributed by atoms with van der Waals surface area (Å²) < 4.78 is 5.26. The molecule has 0 radical (unpaired) electrons. The lowest BCUT2D eigenvalue weighted by Gasteiger charge is -1.96. The molecule has 0 atom stereocenters. The summed E-state index contributed by atoms with van der Waals surface area (Å²) in [7, 11) is 0. The molecule has 0 aliphatic heterocycles. The molecule has 0 aromatic carbocycles. The molecule has 0 heterocycles. The Balaban J connectivity index is 2.53. The van der Waals surface area contributed by atoms with Crippen molar-refractivity contribution in [2.24, 2.45) is 0 Å². The lowest BCUT2D eigenvalue weighted by molar-refractivity contribution is 0.334. The molecule has 0 aromatic rings. The first-order valence-corrected chi connectivity index (χ1v) is 8.74. The van der Waals surface area contributed by atoms with Crippen LogP contribution < -0.4 is 0 Å². The number of hydrogen-bond acceptors (Lipinski definition) is 1. The highest BCUT2D eigenvalue weighted by atomic mass is 127. The summed E-state index contributed by atoms with van der Waals surface area (Å²) in [5, 5.41) is 0. The van der Waals surface area contributed by atoms with Crippen LogP contribution in [0.2, 0.25) is 0 Å². The van der Waals surface area contributed by atoms with Gasteiger partial charge < -0.3 is 3.79 Å². The van der Waals surface area contributed by atoms with Crippen LogP contribution in [0.25, 0.3) is 0 Å². The molecule has 0 aliphatic carbocycles. The summed E-state index contributed by atoms with van der Waals surface area (Å²) in [6.07, 6.45) is 3.88. The van der Waals surface area contributed by atoms with Gasteiger partial charge in [-0.3, -0.25) is 0 Å². The van der Waals surface area contributed by atoms with E-state index in [1.54, 1.807) is 0 Å². The third-order valence-electron chi connectivity index (χ3n) is 0.969. The van der Waals surface area contributed by atoms with Crippen molar-refractivity contribution >= 4 is 32.5 Å². The Kier molecular flexibility index (Phi) is 9.48. The Morgan fingerprint density at radius 3 is 2.75 bits per heavy atom. The summed E-state index contributed by atoms with van der Waals surface area (Å²) in [5.41, 5.74) is 0. The summed E-state index contributed by atoms with van der Waals surface area (Å²) in [6.45, 7) is 3.21. The zero-order valence-electron chi connectivity index (χ0n) is 5.32. The minimum absolute atomic E-state index is 0.144. The Bertz CT molecular complexity index is 37.4. The molecule has 48 valence electrons. The van der Waals surface area contributed by atoms with Crippen molar-refractivity contribution in [1.82, 2.24) is 0 Å². The highest BCUT2D eigenvalue weighted by molar-refractivity contribution is 14.1. The van der Waals surface area contributed by atoms with Crippen molar-refractivity contribution in [3.8, 4) is 0 Å². The Hall–Kier alpha value is 1.22. The van der Waals surface area contributed by atoms with Crippen LogP contribution in [0.1, 0.15) is 26.2 Å². The summed E-state index contributed by atoms with van der Waals surface area (Å²) in [5.74, 6) is 0. The number of unbranched alkanes of at least 4 members (excludes halogenated alkanes) is 2. The van der Waals surface area contributed by atoms with Crippen molar-refractivity contribution in [3.63, 3.8) is 0 Å². The fourth-order valence-corrected chi connectivity index (χ4v) is 1.76. The van der Waals surface area contributed by atoms with Crippen molar-refractivity contribution in [1.29, 1.82) is 0 Å². The fraction of sp³-hybridized carbons (Fsp3) is 1.00. The smallest absolute Gasteiger partial charge is 0.496 e. The van der Waals surface area contributed by atoms with Crippen LogP contribution in [0.5, 0.6) is 0 Å². The van der Waals surface area contributed by atoms with Crippen molar-refractivity contribution < 1.29 is 3.79 Å². The van der Waals surface area contributed by atoms with Gasteiger partial charge in [-0.05, 0) is 6.42 Å². The maximum Gasteiger partial charge on any atom is 0.526 e. The van der Waals surface area contributed by atoms with Gasteiger partial charge in [0.25, 0.3) is 0 Å². The van der Waals surface area contributed by atoms with E-state index in [9.17, 15) is 0 Å². The van der Waals surface area contributed by atoms with E-state index in [0.29, 0.717) is 0 Å². The van der Waals surface area contributed by atoms with Crippen LogP contribution in [0.3, 0.4) is 0 Å². The van der Waals surface area contributed by atoms with E-state index in [0.717, 1.165) is 6.61 Å². The molecular formula is C5H12AlIO. The molecular weight excluding hydrogens is 230 g/mol. The summed E-state index contributed by atoms with van der Waals surface area (Å²) in [6, 6.07) is 0. The van der Waals surface area contributed by atoms with Crippen molar-refractivity contribution in [3.05, 3.63) is 0 Å². The Morgan fingerprint density at radius 2 is 2.25 bits per heavy atom. The van der Waals surface area contributed by atoms with E-state index in [4.69, 9.17) is 3.79 Å². The monoisotopic (exact) mass is 242 g/mol. The standard InChI is InChI=1S/C5H11O.Al.HI.H/c1-2-3-4-5-6;;;/h2-5H2,1H3;;1H;/q-1;+2;;/p-1. The van der Waals surface area contributed by atoms with E-state index < -0.39 is 0 Å². The van der Waals surface area contributed by atoms with Crippen LogP contribution in [0.4, 0.5) is 0 Å². The first kappa shape index (κ1) is 9.22. The second-order valence-electron chi connectivity index (χ2n) is 1.72. The summed E-state index contributed by atoms with van der Waals surface area (Å²) >= 11 is 2.21. The quantitative estimate of drug-likeness (QED) is 0.406. The van der Waals surface area contributed by atoms with Gasteiger partial charge in [-0.15, -0.1) is 0 Å². The van der Waals surface area contributed by atoms with Gasteiger partial charge in [-0.2, -0.15) is 20.3 Å². The molecule has 0 amide bonds. The highest BCUT2D eigenvalue weighted by Crippen LogP contribution is 1.93. The summed E-state index contributed by atoms with van der Waals surface area (Å²) in [4.78, 5) is 0. The Labute approximate surface area is 68.9 Å². The predicted molar refractivity (Wildman–Crippen MR) is 46.6 cm³/mol. The van der Waals surface area contributed by atoms with E-state index in [-0.39, 0.29) is 12.3 Å². The molecule has 0 unspecified atom stereocenters. The molecule has 0 rings (SSSR count). The van der Waals surface area contributed by atoms with E-state index >= 15 is 0 Å². The predicted octanol–water partition coefficient (Wildman–Crippen LogP) is 1.89. The molecule has 0 aliphatic rings. The van der Waals surface area contributed by atoms with Gasteiger partial charge in [-0.25, -0.2) is 0 Å². The topological polar surface area (TPSA) is 9.23 Å². The van der Waals surface area contributed by atoms with Gasteiger partial charge in [0.1, 0.15) is 0 Å². The average molecular weight is 242 g/mol. The first-order chi connectivity index (χ1) is 3.91. The zero-order valence-corrected chi connectivity index (χ0v) is 8.89. The van der Waals surface area contributed by atoms with Gasteiger partial charge in [0, 0.05) is 6.61 Å². The van der Waals surface area contributed by atoms with Crippen LogP contribution in [-0.2, 0) is 3.79 Å². The maximum absolute atomic E-state index is 5.26. The molecule has 0 saturated carbocycles. The largest absolute Gasteiger partial charge is 0.526 e. The number of halogens is 1. The normalized spacial score (nSPS) is 9.25. The van der Waals surface area contributed by atoms with Crippen molar-refractivity contribution in [2.45, 2.75) is 26.2 Å². The third-order valence-corrected chi connectivity index (χ3v) is 2.73. The highest BCUT2D eigenvalue weighted by Gasteiger charge is 1.86. The van der Waals surface area contributed by atoms with Gasteiger partial charge in [-0.1, -0.05) is 19.8 Å². The second kappa shape index (κ2) is 8.22. The minimum Gasteiger partial charge on any atom is -0.496 e. The molecule has 0 aromatic heterocycles. The average Bonchev–Trinajstić information content (AvgIpc) is 1.81. The first-order valence-electron chi connectivity index (χ1n) is 3.05. The van der Waals surface area contributed by atoms with Gasteiger partial charge >= 0.3 is 12.3 Å². The van der Waals surface area contributed by atoms with E-state index in [2.05, 4.69) is 27.2 Å². The molecule has 0 fully saturated rings. The molecule has 0 spiro atoms. The van der Waals surface area contributed by atoms with E-state index in [1.807, 2.05) is 0 Å². The molecule has 1 nitrogen and oxygen atoms in total. The number of hydrogen-bond donors (Lipinski definition) is 0. The lowest BCUT2D eigenvalue weighted by atomic mass is 10.3. The second-order valence-corrected chi connectivity index (χ2v) is 4.22. The zero-order chi connectivity index (χ0) is 6.24. The van der Waals surface area contributed by atoms with Crippen LogP contribution in [0, 0.1) is 0 Å². The van der Waals surface area contributed by atoms with Crippen molar-refractivity contribution in [2.75, 3.05) is 6.61 Å². The minimum atomic E-state index is -0.144. The lowest BCUT2D eigenvalue weighted by Crippen LogP contribution is -1.92. The molecule has 0 bridgehead atoms. The fourth-order valence-electron chi connectivity index (χ4n) is 0.509. The van der Waals surface area contributed by atoms with Crippen LogP contribution >= 0.6 is 20.3 Å². The van der Waals surface area contributed by atoms with Gasteiger partial charge in [0.15, 0.2) is 0 Å².